The number of aryl methyl sites for hydroxylation is 1. The predicted octanol–water partition coefficient (Wildman–Crippen LogP) is 5.01. The molecule has 6 nitrogen and oxygen atoms in total. The Morgan fingerprint density at radius 2 is 1.87 bits per heavy atom. The van der Waals surface area contributed by atoms with E-state index in [4.69, 9.17) is 4.74 Å². The number of anilines is 1. The van der Waals surface area contributed by atoms with Crippen molar-refractivity contribution in [2.24, 2.45) is 5.92 Å². The van der Waals surface area contributed by atoms with E-state index in [1.807, 2.05) is 69.3 Å². The largest absolute Gasteiger partial charge is 0.461 e. The summed E-state index contributed by atoms with van der Waals surface area (Å²) in [5.74, 6) is -0.553. The van der Waals surface area contributed by atoms with Crippen molar-refractivity contribution in [2.75, 3.05) is 11.9 Å². The minimum absolute atomic E-state index is 0.0192. The summed E-state index contributed by atoms with van der Waals surface area (Å²) in [6.45, 7) is 7.92. The summed E-state index contributed by atoms with van der Waals surface area (Å²) in [7, 11) is 0. The number of nitrogens with zero attached hydrogens (tertiary/aromatic N) is 2. The predicted molar refractivity (Wildman–Crippen MR) is 118 cm³/mol. The number of benzene rings is 2. The summed E-state index contributed by atoms with van der Waals surface area (Å²) < 4.78 is 6.89. The van der Waals surface area contributed by atoms with Gasteiger partial charge >= 0.3 is 5.97 Å². The van der Waals surface area contributed by atoms with Gasteiger partial charge in [-0.25, -0.2) is 9.48 Å². The lowest BCUT2D eigenvalue weighted by molar-refractivity contribution is -0.119. The minimum atomic E-state index is -0.465. The summed E-state index contributed by atoms with van der Waals surface area (Å²) in [6, 6.07) is 17.1. The monoisotopic (exact) mass is 405 g/mol. The maximum absolute atomic E-state index is 12.3. The van der Waals surface area contributed by atoms with Crippen molar-refractivity contribution in [1.82, 2.24) is 9.78 Å². The van der Waals surface area contributed by atoms with Crippen LogP contribution in [0.5, 0.6) is 0 Å². The van der Waals surface area contributed by atoms with E-state index < -0.39 is 5.97 Å². The van der Waals surface area contributed by atoms with Crippen LogP contribution in [0, 0.1) is 12.8 Å². The second-order valence-electron chi connectivity index (χ2n) is 7.21. The van der Waals surface area contributed by atoms with Gasteiger partial charge in [0, 0.05) is 17.2 Å². The second-order valence-corrected chi connectivity index (χ2v) is 7.21. The van der Waals surface area contributed by atoms with E-state index in [0.29, 0.717) is 5.69 Å². The molecule has 0 aliphatic carbocycles. The Balaban J connectivity index is 2.06. The third-order valence-electron chi connectivity index (χ3n) is 5.02. The lowest BCUT2D eigenvalue weighted by Crippen LogP contribution is -2.19. The van der Waals surface area contributed by atoms with Gasteiger partial charge in [-0.2, -0.15) is 5.10 Å². The summed E-state index contributed by atoms with van der Waals surface area (Å²) in [5.41, 5.74) is 4.42. The van der Waals surface area contributed by atoms with Crippen LogP contribution >= 0.6 is 0 Å². The van der Waals surface area contributed by atoms with Gasteiger partial charge in [0.1, 0.15) is 0 Å². The number of esters is 1. The van der Waals surface area contributed by atoms with Gasteiger partial charge in [0.05, 0.1) is 18.0 Å². The summed E-state index contributed by atoms with van der Waals surface area (Å²) >= 11 is 0. The number of amides is 1. The van der Waals surface area contributed by atoms with Crippen LogP contribution in [-0.2, 0) is 9.53 Å². The van der Waals surface area contributed by atoms with Crippen molar-refractivity contribution in [3.8, 4) is 16.9 Å². The number of carbonyl (C=O) groups excluding carboxylic acids is 2. The van der Waals surface area contributed by atoms with Crippen LogP contribution in [0.3, 0.4) is 0 Å². The highest BCUT2D eigenvalue weighted by Crippen LogP contribution is 2.28. The van der Waals surface area contributed by atoms with E-state index in [2.05, 4.69) is 10.4 Å². The first-order valence-electron chi connectivity index (χ1n) is 10.2. The quantitative estimate of drug-likeness (QED) is 0.561. The maximum atomic E-state index is 12.3. The van der Waals surface area contributed by atoms with E-state index in [0.717, 1.165) is 28.9 Å². The zero-order valence-corrected chi connectivity index (χ0v) is 17.8. The Bertz CT molecular complexity index is 1060. The molecule has 0 unspecified atom stereocenters. The molecule has 2 aromatic carbocycles. The molecule has 3 aromatic rings. The first-order chi connectivity index (χ1) is 14.4. The number of carbonyl (C=O) groups is 2. The number of aromatic nitrogens is 2. The smallest absolute Gasteiger partial charge is 0.358 e. The molecule has 1 heterocycles. The number of nitrogens with one attached hydrogen (secondary N) is 1. The Hall–Kier alpha value is -3.41. The Labute approximate surface area is 176 Å². The number of ether oxygens (including phenoxy) is 1. The Morgan fingerprint density at radius 3 is 2.57 bits per heavy atom. The molecule has 156 valence electrons. The van der Waals surface area contributed by atoms with Gasteiger partial charge in [0.25, 0.3) is 0 Å². The van der Waals surface area contributed by atoms with Crippen LogP contribution in [0.1, 0.15) is 43.2 Å². The fraction of sp³-hybridized carbons (Fsp3) is 0.292. The first-order valence-corrected chi connectivity index (χ1v) is 10.2. The lowest BCUT2D eigenvalue weighted by atomic mass is 10.1. The lowest BCUT2D eigenvalue weighted by Gasteiger charge is -2.13. The van der Waals surface area contributed by atoms with Gasteiger partial charge in [0.15, 0.2) is 5.69 Å². The molecule has 0 saturated carbocycles. The summed E-state index contributed by atoms with van der Waals surface area (Å²) in [4.78, 5) is 24.6. The molecule has 0 fully saturated rings. The molecule has 0 bridgehead atoms. The molecular weight excluding hydrogens is 378 g/mol. The molecule has 1 N–H and O–H groups in total. The molecule has 0 aliphatic rings. The molecule has 0 aliphatic heterocycles. The average Bonchev–Trinajstić information content (AvgIpc) is 3.19. The van der Waals surface area contributed by atoms with Crippen molar-refractivity contribution in [1.29, 1.82) is 0 Å². The van der Waals surface area contributed by atoms with Crippen LogP contribution < -0.4 is 5.32 Å². The van der Waals surface area contributed by atoms with Crippen molar-refractivity contribution >= 4 is 17.6 Å². The van der Waals surface area contributed by atoms with E-state index in [9.17, 15) is 9.59 Å². The Morgan fingerprint density at radius 1 is 1.10 bits per heavy atom. The van der Waals surface area contributed by atoms with Crippen LogP contribution in [0.25, 0.3) is 16.9 Å². The summed E-state index contributed by atoms with van der Waals surface area (Å²) in [5, 5.41) is 7.49. The fourth-order valence-electron chi connectivity index (χ4n) is 3.08. The van der Waals surface area contributed by atoms with Gasteiger partial charge in [-0.3, -0.25) is 4.79 Å². The second kappa shape index (κ2) is 9.39. The molecule has 0 radical (unpaired) electrons. The van der Waals surface area contributed by atoms with Crippen LogP contribution in [-0.4, -0.2) is 28.3 Å². The van der Waals surface area contributed by atoms with Gasteiger partial charge in [-0.05, 0) is 50.1 Å². The fourth-order valence-corrected chi connectivity index (χ4v) is 3.08. The molecule has 3 rings (SSSR count). The molecule has 30 heavy (non-hydrogen) atoms. The van der Waals surface area contributed by atoms with E-state index >= 15 is 0 Å². The zero-order valence-electron chi connectivity index (χ0n) is 17.8. The van der Waals surface area contributed by atoms with Gasteiger partial charge in [-0.1, -0.05) is 44.2 Å². The SMILES string of the molecule is CCOC(=O)c1cc(-c2cccc(NC(=O)[C@@H](C)CC)c2)n(-c2ccccc2C)n1. The van der Waals surface area contributed by atoms with Gasteiger partial charge < -0.3 is 10.1 Å². The molecule has 1 amide bonds. The Kier molecular flexibility index (Phi) is 6.67. The van der Waals surface area contributed by atoms with E-state index in [1.165, 1.54) is 0 Å². The minimum Gasteiger partial charge on any atom is -0.461 e. The van der Waals surface area contributed by atoms with Crippen LogP contribution in [0.4, 0.5) is 5.69 Å². The van der Waals surface area contributed by atoms with Crippen LogP contribution in [0.2, 0.25) is 0 Å². The molecule has 6 heteroatoms. The molecular formula is C24H27N3O3. The number of para-hydroxylation sites is 1. The zero-order chi connectivity index (χ0) is 21.7. The molecule has 0 saturated heterocycles. The number of hydrogen-bond acceptors (Lipinski definition) is 4. The highest BCUT2D eigenvalue weighted by Gasteiger charge is 2.19. The van der Waals surface area contributed by atoms with Gasteiger partial charge in [0.2, 0.25) is 5.91 Å². The van der Waals surface area contributed by atoms with Crippen molar-refractivity contribution in [3.05, 3.63) is 65.9 Å². The highest BCUT2D eigenvalue weighted by atomic mass is 16.5. The third-order valence-corrected chi connectivity index (χ3v) is 5.02. The standard InChI is InChI=1S/C24H27N3O3/c1-5-16(3)23(28)25-19-12-9-11-18(14-19)22-15-20(24(29)30-6-2)26-27(22)21-13-8-7-10-17(21)4/h7-16H,5-6H2,1-4H3,(H,25,28)/t16-/m0/s1. The van der Waals surface area contributed by atoms with Gasteiger partial charge in [-0.15, -0.1) is 0 Å². The third kappa shape index (κ3) is 4.59. The molecule has 1 aromatic heterocycles. The number of rotatable bonds is 7. The number of hydrogen-bond donors (Lipinski definition) is 1. The topological polar surface area (TPSA) is 73.2 Å². The van der Waals surface area contributed by atoms with Crippen LogP contribution in [0.15, 0.2) is 54.6 Å². The first kappa shape index (κ1) is 21.3. The van der Waals surface area contributed by atoms with Crippen molar-refractivity contribution in [2.45, 2.75) is 34.1 Å². The summed E-state index contributed by atoms with van der Waals surface area (Å²) in [6.07, 6.45) is 0.772. The molecule has 1 atom stereocenters. The van der Waals surface area contributed by atoms with Crippen molar-refractivity contribution in [3.63, 3.8) is 0 Å². The average molecular weight is 405 g/mol. The maximum Gasteiger partial charge on any atom is 0.358 e. The van der Waals surface area contributed by atoms with Crippen molar-refractivity contribution < 1.29 is 14.3 Å². The highest BCUT2D eigenvalue weighted by molar-refractivity contribution is 5.93. The normalized spacial score (nSPS) is 11.7. The van der Waals surface area contributed by atoms with E-state index in [-0.39, 0.29) is 24.1 Å². The van der Waals surface area contributed by atoms with E-state index in [1.54, 1.807) is 17.7 Å². The molecule has 0 spiro atoms.